The fourth-order valence-electron chi connectivity index (χ4n) is 2.73. The van der Waals surface area contributed by atoms with Crippen molar-refractivity contribution in [3.05, 3.63) is 64.5 Å². The van der Waals surface area contributed by atoms with Crippen molar-refractivity contribution < 1.29 is 4.39 Å². The van der Waals surface area contributed by atoms with E-state index in [9.17, 15) is 4.39 Å². The van der Waals surface area contributed by atoms with Crippen LogP contribution in [-0.2, 0) is 0 Å². The molecule has 0 fully saturated rings. The number of hydrogen-bond donors (Lipinski definition) is 0. The monoisotopic (exact) mass is 283 g/mol. The zero-order chi connectivity index (χ0) is 14.1. The van der Waals surface area contributed by atoms with Gasteiger partial charge >= 0.3 is 0 Å². The van der Waals surface area contributed by atoms with Crippen molar-refractivity contribution in [2.45, 2.75) is 24.2 Å². The number of nitrogens with zero attached hydrogens (tertiary/aromatic N) is 1. The molecule has 20 heavy (non-hydrogen) atoms. The molecule has 1 unspecified atom stereocenters. The summed E-state index contributed by atoms with van der Waals surface area (Å²) < 4.78 is 14.0. The molecule has 3 heteroatoms. The fourth-order valence-corrected chi connectivity index (χ4v) is 3.90. The number of fused-ring (bicyclic) bond motifs is 1. The summed E-state index contributed by atoms with van der Waals surface area (Å²) >= 11 is 1.53. The van der Waals surface area contributed by atoms with Gasteiger partial charge in [0.15, 0.2) is 0 Å². The SMILES string of the molecule is CC1C2=C(C=C(C#N)CC=C2)CSc2c(F)cccc21. The number of rotatable bonds is 0. The third-order valence-corrected chi connectivity index (χ3v) is 4.98. The van der Waals surface area contributed by atoms with Crippen LogP contribution >= 0.6 is 11.8 Å². The smallest absolute Gasteiger partial charge is 0.137 e. The van der Waals surface area contributed by atoms with Crippen molar-refractivity contribution in [3.8, 4) is 6.07 Å². The number of nitriles is 1. The van der Waals surface area contributed by atoms with Gasteiger partial charge in [0.05, 0.1) is 6.07 Å². The summed E-state index contributed by atoms with van der Waals surface area (Å²) in [4.78, 5) is 0.744. The van der Waals surface area contributed by atoms with Crippen LogP contribution in [0.5, 0.6) is 0 Å². The first-order valence-electron chi connectivity index (χ1n) is 6.62. The molecule has 1 aromatic rings. The molecule has 1 heterocycles. The molecule has 100 valence electrons. The van der Waals surface area contributed by atoms with Gasteiger partial charge in [-0.05, 0) is 28.9 Å². The lowest BCUT2D eigenvalue weighted by Gasteiger charge is -2.15. The molecule has 1 atom stereocenters. The molecule has 0 saturated heterocycles. The van der Waals surface area contributed by atoms with Gasteiger partial charge in [-0.15, -0.1) is 11.8 Å². The van der Waals surface area contributed by atoms with Gasteiger partial charge in [-0.1, -0.05) is 31.2 Å². The topological polar surface area (TPSA) is 23.8 Å². The van der Waals surface area contributed by atoms with Gasteiger partial charge in [0, 0.05) is 28.6 Å². The van der Waals surface area contributed by atoms with Gasteiger partial charge in [-0.3, -0.25) is 0 Å². The Labute approximate surface area is 122 Å². The zero-order valence-corrected chi connectivity index (χ0v) is 12.0. The largest absolute Gasteiger partial charge is 0.206 e. The Balaban J connectivity index is 2.14. The molecule has 1 aromatic carbocycles. The maximum absolute atomic E-state index is 14.0. The Hall–Kier alpha value is -1.79. The molecule has 0 bridgehead atoms. The molecule has 1 aliphatic carbocycles. The highest BCUT2D eigenvalue weighted by Gasteiger charge is 2.23. The zero-order valence-electron chi connectivity index (χ0n) is 11.2. The molecular formula is C17H14FNS. The van der Waals surface area contributed by atoms with E-state index in [1.54, 1.807) is 6.07 Å². The Morgan fingerprint density at radius 2 is 2.25 bits per heavy atom. The third kappa shape index (κ3) is 2.21. The number of benzene rings is 1. The van der Waals surface area contributed by atoms with Crippen LogP contribution in [0.3, 0.4) is 0 Å². The molecule has 3 rings (SSSR count). The Morgan fingerprint density at radius 1 is 1.40 bits per heavy atom. The van der Waals surface area contributed by atoms with Crippen LogP contribution in [0.1, 0.15) is 24.8 Å². The quantitative estimate of drug-likeness (QED) is 0.686. The summed E-state index contributed by atoms with van der Waals surface area (Å²) in [7, 11) is 0. The normalized spacial score (nSPS) is 21.2. The fraction of sp³-hybridized carbons (Fsp3) is 0.235. The van der Waals surface area contributed by atoms with Crippen molar-refractivity contribution in [2.75, 3.05) is 5.75 Å². The number of halogens is 1. The minimum Gasteiger partial charge on any atom is -0.206 e. The summed E-state index contributed by atoms with van der Waals surface area (Å²) in [6, 6.07) is 7.52. The highest BCUT2D eigenvalue weighted by atomic mass is 32.2. The van der Waals surface area contributed by atoms with E-state index >= 15 is 0 Å². The molecule has 0 amide bonds. The average Bonchev–Trinajstić information content (AvgIpc) is 2.73. The second-order valence-corrected chi connectivity index (χ2v) is 6.02. The van der Waals surface area contributed by atoms with Crippen LogP contribution in [-0.4, -0.2) is 5.75 Å². The van der Waals surface area contributed by atoms with Crippen molar-refractivity contribution in [3.63, 3.8) is 0 Å². The Kier molecular flexibility index (Phi) is 3.50. The van der Waals surface area contributed by atoms with E-state index in [0.717, 1.165) is 21.6 Å². The predicted octanol–water partition coefficient (Wildman–Crippen LogP) is 4.74. The van der Waals surface area contributed by atoms with Crippen molar-refractivity contribution in [1.82, 2.24) is 0 Å². The highest BCUT2D eigenvalue weighted by molar-refractivity contribution is 7.99. The maximum Gasteiger partial charge on any atom is 0.137 e. The second kappa shape index (κ2) is 5.30. The van der Waals surface area contributed by atoms with E-state index in [1.165, 1.54) is 23.4 Å². The average molecular weight is 283 g/mol. The number of hydrogen-bond acceptors (Lipinski definition) is 2. The summed E-state index contributed by atoms with van der Waals surface area (Å²) in [5.41, 5.74) is 4.15. The maximum atomic E-state index is 14.0. The van der Waals surface area contributed by atoms with Crippen LogP contribution in [0.2, 0.25) is 0 Å². The number of thioether (sulfide) groups is 1. The lowest BCUT2D eigenvalue weighted by Crippen LogP contribution is -1.99. The standard InChI is InChI=1S/C17H14FNS/c1-11-14-5-2-4-12(9-19)8-13(14)10-20-17-15(11)6-3-7-16(17)18/h2-3,5-8,11H,4,10H2,1H3. The van der Waals surface area contributed by atoms with Gasteiger partial charge in [0.1, 0.15) is 5.82 Å². The summed E-state index contributed by atoms with van der Waals surface area (Å²) in [6.45, 7) is 2.11. The van der Waals surface area contributed by atoms with E-state index in [1.807, 2.05) is 18.2 Å². The van der Waals surface area contributed by atoms with Crippen molar-refractivity contribution >= 4 is 11.8 Å². The van der Waals surface area contributed by atoms with Crippen molar-refractivity contribution in [1.29, 1.82) is 5.26 Å². The lowest BCUT2D eigenvalue weighted by atomic mass is 9.89. The van der Waals surface area contributed by atoms with Crippen LogP contribution in [0, 0.1) is 17.1 Å². The summed E-state index contributed by atoms with van der Waals surface area (Å²) in [5.74, 6) is 0.713. The van der Waals surface area contributed by atoms with Crippen molar-refractivity contribution in [2.24, 2.45) is 0 Å². The molecule has 0 radical (unpaired) electrons. The van der Waals surface area contributed by atoms with Gasteiger partial charge in [-0.25, -0.2) is 4.39 Å². The first-order valence-corrected chi connectivity index (χ1v) is 7.60. The van der Waals surface area contributed by atoms with E-state index in [-0.39, 0.29) is 11.7 Å². The molecule has 0 aromatic heterocycles. The third-order valence-electron chi connectivity index (χ3n) is 3.80. The predicted molar refractivity (Wildman–Crippen MR) is 80.0 cm³/mol. The minimum absolute atomic E-state index is 0.148. The minimum atomic E-state index is -0.148. The Bertz CT molecular complexity index is 691. The van der Waals surface area contributed by atoms with Crippen LogP contribution in [0.4, 0.5) is 4.39 Å². The second-order valence-electron chi connectivity index (χ2n) is 5.04. The highest BCUT2D eigenvalue weighted by Crippen LogP contribution is 2.42. The van der Waals surface area contributed by atoms with Gasteiger partial charge in [0.25, 0.3) is 0 Å². The van der Waals surface area contributed by atoms with Gasteiger partial charge < -0.3 is 0 Å². The molecule has 0 spiro atoms. The van der Waals surface area contributed by atoms with Crippen LogP contribution in [0.15, 0.2) is 58.0 Å². The molecule has 1 nitrogen and oxygen atoms in total. The summed E-state index contributed by atoms with van der Waals surface area (Å²) in [5, 5.41) is 9.12. The molecular weight excluding hydrogens is 269 g/mol. The first-order chi connectivity index (χ1) is 9.70. The molecule has 1 aliphatic heterocycles. The van der Waals surface area contributed by atoms with Crippen LogP contribution in [0.25, 0.3) is 0 Å². The van der Waals surface area contributed by atoms with Gasteiger partial charge in [0.2, 0.25) is 0 Å². The Morgan fingerprint density at radius 3 is 3.05 bits per heavy atom. The van der Waals surface area contributed by atoms with E-state index in [4.69, 9.17) is 5.26 Å². The lowest BCUT2D eigenvalue weighted by molar-refractivity contribution is 0.595. The molecule has 0 N–H and O–H groups in total. The first kappa shape index (κ1) is 13.2. The summed E-state index contributed by atoms with van der Waals surface area (Å²) in [6.07, 6.45) is 6.78. The number of allylic oxidation sites excluding steroid dienone is 5. The van der Waals surface area contributed by atoms with E-state index < -0.39 is 0 Å². The van der Waals surface area contributed by atoms with Crippen LogP contribution < -0.4 is 0 Å². The molecule has 2 aliphatic rings. The van der Waals surface area contributed by atoms with E-state index in [0.29, 0.717) is 12.2 Å². The van der Waals surface area contributed by atoms with Gasteiger partial charge in [-0.2, -0.15) is 5.26 Å². The van der Waals surface area contributed by atoms with E-state index in [2.05, 4.69) is 19.1 Å². The molecule has 0 saturated carbocycles.